The number of fused-ring (bicyclic) bond motifs is 1. The highest BCUT2D eigenvalue weighted by molar-refractivity contribution is 5.55. The van der Waals surface area contributed by atoms with Gasteiger partial charge < -0.3 is 9.80 Å². The molecular formula is C16H20N8O. The molecule has 0 aromatic carbocycles. The normalized spacial score (nSPS) is 15.2. The van der Waals surface area contributed by atoms with Crippen LogP contribution in [0.5, 0.6) is 0 Å². The molecule has 0 N–H and O–H groups in total. The van der Waals surface area contributed by atoms with E-state index in [4.69, 9.17) is 0 Å². The lowest BCUT2D eigenvalue weighted by molar-refractivity contribution is 0.612. The molecule has 1 aliphatic heterocycles. The monoisotopic (exact) mass is 340 g/mol. The van der Waals surface area contributed by atoms with Gasteiger partial charge in [-0.1, -0.05) is 0 Å². The van der Waals surface area contributed by atoms with E-state index in [0.29, 0.717) is 5.78 Å². The first-order valence-electron chi connectivity index (χ1n) is 8.26. The Hall–Kier alpha value is -2.97. The second kappa shape index (κ2) is 5.83. The minimum Gasteiger partial charge on any atom is -0.353 e. The van der Waals surface area contributed by atoms with Gasteiger partial charge in [0.25, 0.3) is 11.3 Å². The summed E-state index contributed by atoms with van der Waals surface area (Å²) in [6.45, 7) is 7.38. The predicted octanol–water partition coefficient (Wildman–Crippen LogP) is 0.161. The lowest BCUT2D eigenvalue weighted by Gasteiger charge is -2.37. The van der Waals surface area contributed by atoms with Crippen molar-refractivity contribution in [2.45, 2.75) is 13.8 Å². The first-order chi connectivity index (χ1) is 12.0. The van der Waals surface area contributed by atoms with Crippen molar-refractivity contribution in [2.24, 2.45) is 7.05 Å². The Bertz CT molecular complexity index is 983. The minimum atomic E-state index is -0.0983. The van der Waals surface area contributed by atoms with Crippen LogP contribution in [0.1, 0.15) is 11.3 Å². The van der Waals surface area contributed by atoms with E-state index in [1.54, 1.807) is 19.2 Å². The van der Waals surface area contributed by atoms with E-state index in [2.05, 4.69) is 36.9 Å². The van der Waals surface area contributed by atoms with Crippen molar-refractivity contribution in [3.63, 3.8) is 0 Å². The second-order valence-corrected chi connectivity index (χ2v) is 6.25. The number of anilines is 2. The molecule has 3 aromatic heterocycles. The smallest absolute Gasteiger partial charge is 0.266 e. The first kappa shape index (κ1) is 15.6. The van der Waals surface area contributed by atoms with E-state index in [1.165, 1.54) is 11.0 Å². The topological polar surface area (TPSA) is 84.5 Å². The van der Waals surface area contributed by atoms with Crippen LogP contribution in [-0.2, 0) is 7.05 Å². The van der Waals surface area contributed by atoms with Gasteiger partial charge in [-0.2, -0.15) is 19.7 Å². The van der Waals surface area contributed by atoms with Gasteiger partial charge in [0.2, 0.25) is 0 Å². The minimum absolute atomic E-state index is 0.0983. The van der Waals surface area contributed by atoms with Crippen LogP contribution >= 0.6 is 0 Å². The zero-order valence-corrected chi connectivity index (χ0v) is 14.5. The molecule has 1 fully saturated rings. The van der Waals surface area contributed by atoms with Crippen molar-refractivity contribution in [3.05, 3.63) is 40.1 Å². The largest absolute Gasteiger partial charge is 0.353 e. The average molecular weight is 340 g/mol. The number of aromatic nitrogens is 6. The molecule has 0 bridgehead atoms. The lowest BCUT2D eigenvalue weighted by Crippen LogP contribution is -2.48. The molecule has 1 aliphatic rings. The molecule has 4 rings (SSSR count). The fourth-order valence-corrected chi connectivity index (χ4v) is 3.19. The number of piperazine rings is 1. The molecule has 3 aromatic rings. The Labute approximate surface area is 144 Å². The third-order valence-electron chi connectivity index (χ3n) is 4.73. The average Bonchev–Trinajstić information content (AvgIpc) is 3.06. The maximum absolute atomic E-state index is 11.5. The molecule has 130 valence electrons. The van der Waals surface area contributed by atoms with Crippen LogP contribution in [0.3, 0.4) is 0 Å². The van der Waals surface area contributed by atoms with Gasteiger partial charge in [0, 0.05) is 50.6 Å². The molecule has 25 heavy (non-hydrogen) atoms. The second-order valence-electron chi connectivity index (χ2n) is 6.25. The predicted molar refractivity (Wildman–Crippen MR) is 94.2 cm³/mol. The summed E-state index contributed by atoms with van der Waals surface area (Å²) in [6, 6.07) is 3.35. The third-order valence-corrected chi connectivity index (χ3v) is 4.73. The van der Waals surface area contributed by atoms with Gasteiger partial charge in [0.15, 0.2) is 0 Å². The summed E-state index contributed by atoms with van der Waals surface area (Å²) in [7, 11) is 1.67. The zero-order chi connectivity index (χ0) is 17.6. The van der Waals surface area contributed by atoms with Crippen molar-refractivity contribution in [3.8, 4) is 0 Å². The molecule has 0 aliphatic carbocycles. The van der Waals surface area contributed by atoms with E-state index >= 15 is 0 Å². The zero-order valence-electron chi connectivity index (χ0n) is 14.5. The maximum Gasteiger partial charge on any atom is 0.266 e. The summed E-state index contributed by atoms with van der Waals surface area (Å²) in [5, 5.41) is 8.67. The summed E-state index contributed by atoms with van der Waals surface area (Å²) >= 11 is 0. The molecule has 9 nitrogen and oxygen atoms in total. The molecule has 0 radical (unpaired) electrons. The fraction of sp³-hybridized carbons (Fsp3) is 0.438. The van der Waals surface area contributed by atoms with Crippen molar-refractivity contribution in [1.29, 1.82) is 0 Å². The Balaban J connectivity index is 1.60. The van der Waals surface area contributed by atoms with Gasteiger partial charge in [-0.05, 0) is 19.9 Å². The number of rotatable bonds is 2. The van der Waals surface area contributed by atoms with Crippen LogP contribution in [0.25, 0.3) is 5.78 Å². The SMILES string of the molecule is Cc1nc2ncnn2c(N2CCN(c3ccc(=O)n(C)n3)CC2)c1C. The summed E-state index contributed by atoms with van der Waals surface area (Å²) in [5.74, 6) is 2.50. The molecule has 1 saturated heterocycles. The van der Waals surface area contributed by atoms with Crippen LogP contribution in [0.15, 0.2) is 23.3 Å². The highest BCUT2D eigenvalue weighted by atomic mass is 16.1. The first-order valence-corrected chi connectivity index (χ1v) is 8.26. The van der Waals surface area contributed by atoms with Crippen LogP contribution < -0.4 is 15.4 Å². The summed E-state index contributed by atoms with van der Waals surface area (Å²) < 4.78 is 3.18. The van der Waals surface area contributed by atoms with E-state index < -0.39 is 0 Å². The van der Waals surface area contributed by atoms with Gasteiger partial charge in [0.05, 0.1) is 0 Å². The number of nitrogens with zero attached hydrogens (tertiary/aromatic N) is 8. The molecule has 4 heterocycles. The van der Waals surface area contributed by atoms with E-state index in [0.717, 1.165) is 49.1 Å². The molecule has 0 amide bonds. The van der Waals surface area contributed by atoms with Crippen LogP contribution in [-0.4, -0.2) is 55.5 Å². The number of aryl methyl sites for hydroxylation is 2. The molecule has 9 heteroatoms. The Morgan fingerprint density at radius 3 is 2.48 bits per heavy atom. The van der Waals surface area contributed by atoms with Gasteiger partial charge in [-0.3, -0.25) is 4.79 Å². The quantitative estimate of drug-likeness (QED) is 0.657. The van der Waals surface area contributed by atoms with Crippen molar-refractivity contribution in [2.75, 3.05) is 36.0 Å². The Morgan fingerprint density at radius 2 is 1.76 bits per heavy atom. The van der Waals surface area contributed by atoms with E-state index in [1.807, 2.05) is 11.4 Å². The van der Waals surface area contributed by atoms with Crippen molar-refractivity contribution >= 4 is 17.4 Å². The van der Waals surface area contributed by atoms with Gasteiger partial charge in [-0.25, -0.2) is 9.67 Å². The lowest BCUT2D eigenvalue weighted by atomic mass is 10.2. The summed E-state index contributed by atoms with van der Waals surface area (Å²) in [5.41, 5.74) is 1.99. The van der Waals surface area contributed by atoms with Gasteiger partial charge in [0.1, 0.15) is 18.0 Å². The van der Waals surface area contributed by atoms with Crippen LogP contribution in [0.2, 0.25) is 0 Å². The third kappa shape index (κ3) is 2.61. The molecule has 0 atom stereocenters. The fourth-order valence-electron chi connectivity index (χ4n) is 3.19. The van der Waals surface area contributed by atoms with Gasteiger partial charge in [-0.15, -0.1) is 0 Å². The molecular weight excluding hydrogens is 320 g/mol. The van der Waals surface area contributed by atoms with E-state index in [-0.39, 0.29) is 5.56 Å². The number of hydrogen-bond donors (Lipinski definition) is 0. The molecule has 0 unspecified atom stereocenters. The van der Waals surface area contributed by atoms with Gasteiger partial charge >= 0.3 is 0 Å². The summed E-state index contributed by atoms with van der Waals surface area (Å²) in [6.07, 6.45) is 1.54. The van der Waals surface area contributed by atoms with E-state index in [9.17, 15) is 4.79 Å². The van der Waals surface area contributed by atoms with Crippen LogP contribution in [0.4, 0.5) is 11.6 Å². The standard InChI is InChI=1S/C16H20N8O/c1-11-12(2)19-16-17-10-18-24(16)15(11)23-8-6-22(7-9-23)13-4-5-14(25)21(3)20-13/h4-5,10H,6-9H2,1-3H3. The van der Waals surface area contributed by atoms with Crippen molar-refractivity contribution < 1.29 is 0 Å². The molecule has 0 saturated carbocycles. The molecule has 0 spiro atoms. The van der Waals surface area contributed by atoms with Crippen molar-refractivity contribution in [1.82, 2.24) is 29.4 Å². The highest BCUT2D eigenvalue weighted by Gasteiger charge is 2.23. The Kier molecular flexibility index (Phi) is 3.63. The van der Waals surface area contributed by atoms with Crippen LogP contribution in [0, 0.1) is 13.8 Å². The number of hydrogen-bond acceptors (Lipinski definition) is 7. The maximum atomic E-state index is 11.5. The highest BCUT2D eigenvalue weighted by Crippen LogP contribution is 2.24. The summed E-state index contributed by atoms with van der Waals surface area (Å²) in [4.78, 5) is 24.7. The Morgan fingerprint density at radius 1 is 1.04 bits per heavy atom.